The van der Waals surface area contributed by atoms with Crippen LogP contribution in [-0.2, 0) is 6.42 Å². The number of halogens is 1. The molecule has 0 atom stereocenters. The van der Waals surface area contributed by atoms with E-state index >= 15 is 0 Å². The number of hydrogen-bond donors (Lipinski definition) is 2. The Morgan fingerprint density at radius 3 is 2.22 bits per heavy atom. The number of anilines is 4. The van der Waals surface area contributed by atoms with Gasteiger partial charge in [0.2, 0.25) is 5.95 Å². The molecular weight excluding hydrogens is 352 g/mol. The Hall–Kier alpha value is -2.40. The van der Waals surface area contributed by atoms with Gasteiger partial charge in [-0.2, -0.15) is 4.98 Å². The van der Waals surface area contributed by atoms with E-state index in [1.54, 1.807) is 6.20 Å². The Balaban J connectivity index is 1.72. The van der Waals surface area contributed by atoms with Crippen LogP contribution < -0.4 is 10.6 Å². The minimum atomic E-state index is 0.566. The van der Waals surface area contributed by atoms with Crippen molar-refractivity contribution >= 4 is 39.1 Å². The fourth-order valence-electron chi connectivity index (χ4n) is 2.12. The highest BCUT2D eigenvalue weighted by atomic mass is 79.9. The Kier molecular flexibility index (Phi) is 4.88. The van der Waals surface area contributed by atoms with Gasteiger partial charge in [-0.25, -0.2) is 4.98 Å². The van der Waals surface area contributed by atoms with Crippen LogP contribution in [0.4, 0.5) is 23.1 Å². The van der Waals surface area contributed by atoms with Crippen molar-refractivity contribution in [2.75, 3.05) is 10.6 Å². The molecule has 3 rings (SSSR count). The van der Waals surface area contributed by atoms with Gasteiger partial charge in [0.15, 0.2) is 0 Å². The number of rotatable bonds is 5. The molecule has 0 fully saturated rings. The molecule has 0 bridgehead atoms. The van der Waals surface area contributed by atoms with Gasteiger partial charge in [0, 0.05) is 22.0 Å². The Morgan fingerprint density at radius 1 is 0.870 bits per heavy atom. The summed E-state index contributed by atoms with van der Waals surface area (Å²) in [5.74, 6) is 1.31. The molecule has 23 heavy (non-hydrogen) atoms. The second-order valence-corrected chi connectivity index (χ2v) is 5.99. The van der Waals surface area contributed by atoms with E-state index in [1.165, 1.54) is 5.56 Å². The molecule has 2 aromatic carbocycles. The molecule has 0 spiro atoms. The Morgan fingerprint density at radius 2 is 1.52 bits per heavy atom. The van der Waals surface area contributed by atoms with Crippen molar-refractivity contribution in [3.63, 3.8) is 0 Å². The largest absolute Gasteiger partial charge is 0.340 e. The van der Waals surface area contributed by atoms with E-state index < -0.39 is 0 Å². The van der Waals surface area contributed by atoms with Crippen molar-refractivity contribution in [1.82, 2.24) is 9.97 Å². The van der Waals surface area contributed by atoms with Gasteiger partial charge >= 0.3 is 0 Å². The number of hydrogen-bond acceptors (Lipinski definition) is 4. The van der Waals surface area contributed by atoms with Crippen LogP contribution in [0.2, 0.25) is 0 Å². The maximum atomic E-state index is 4.48. The molecule has 0 aliphatic rings. The first kappa shape index (κ1) is 15.5. The van der Waals surface area contributed by atoms with Crippen molar-refractivity contribution < 1.29 is 0 Å². The number of benzene rings is 2. The Labute approximate surface area is 144 Å². The second-order valence-electron chi connectivity index (χ2n) is 5.07. The van der Waals surface area contributed by atoms with E-state index in [0.29, 0.717) is 5.95 Å². The average Bonchev–Trinajstić information content (AvgIpc) is 2.58. The normalized spacial score (nSPS) is 10.3. The molecule has 2 N–H and O–H groups in total. The zero-order valence-electron chi connectivity index (χ0n) is 12.8. The Bertz CT molecular complexity index is 770. The second kappa shape index (κ2) is 7.24. The van der Waals surface area contributed by atoms with Crippen molar-refractivity contribution in [3.05, 3.63) is 70.8 Å². The molecule has 3 aromatic rings. The molecule has 0 radical (unpaired) electrons. The third kappa shape index (κ3) is 4.29. The zero-order valence-corrected chi connectivity index (χ0v) is 14.3. The fourth-order valence-corrected chi connectivity index (χ4v) is 2.39. The summed E-state index contributed by atoms with van der Waals surface area (Å²) in [5, 5.41) is 6.48. The smallest absolute Gasteiger partial charge is 0.229 e. The summed E-state index contributed by atoms with van der Waals surface area (Å²) < 4.78 is 1.05. The first-order valence-corrected chi connectivity index (χ1v) is 8.24. The molecule has 0 saturated heterocycles. The average molecular weight is 369 g/mol. The lowest BCUT2D eigenvalue weighted by atomic mass is 10.1. The predicted octanol–water partition coefficient (Wildman–Crippen LogP) is 5.29. The third-order valence-corrected chi connectivity index (χ3v) is 3.92. The van der Waals surface area contributed by atoms with Crippen LogP contribution in [0.3, 0.4) is 0 Å². The molecule has 0 amide bonds. The summed E-state index contributed by atoms with van der Waals surface area (Å²) >= 11 is 3.43. The van der Waals surface area contributed by atoms with Crippen LogP contribution in [0.1, 0.15) is 12.5 Å². The lowest BCUT2D eigenvalue weighted by Gasteiger charge is -2.09. The highest BCUT2D eigenvalue weighted by Crippen LogP contribution is 2.19. The number of aromatic nitrogens is 2. The third-order valence-electron chi connectivity index (χ3n) is 3.39. The molecular formula is C18H17BrN4. The topological polar surface area (TPSA) is 49.8 Å². The molecule has 1 heterocycles. The van der Waals surface area contributed by atoms with Gasteiger partial charge < -0.3 is 10.6 Å². The highest BCUT2D eigenvalue weighted by Gasteiger charge is 2.01. The molecule has 4 nitrogen and oxygen atoms in total. The maximum absolute atomic E-state index is 4.48. The van der Waals surface area contributed by atoms with Crippen molar-refractivity contribution in [2.45, 2.75) is 13.3 Å². The standard InChI is InChI=1S/C18H17BrN4/c1-2-13-3-7-16(8-4-13)22-18-20-12-11-17(23-18)21-15-9-5-14(19)6-10-15/h3-12H,2H2,1H3,(H2,20,21,22,23). The zero-order chi connectivity index (χ0) is 16.1. The highest BCUT2D eigenvalue weighted by molar-refractivity contribution is 9.10. The summed E-state index contributed by atoms with van der Waals surface area (Å²) in [5.41, 5.74) is 3.26. The van der Waals surface area contributed by atoms with E-state index in [4.69, 9.17) is 0 Å². The van der Waals surface area contributed by atoms with Gasteiger partial charge in [0.05, 0.1) is 0 Å². The van der Waals surface area contributed by atoms with Gasteiger partial charge in [-0.1, -0.05) is 35.0 Å². The van der Waals surface area contributed by atoms with Crippen LogP contribution in [0, 0.1) is 0 Å². The monoisotopic (exact) mass is 368 g/mol. The SMILES string of the molecule is CCc1ccc(Nc2nccc(Nc3ccc(Br)cc3)n2)cc1. The molecule has 1 aromatic heterocycles. The molecule has 0 saturated carbocycles. The van der Waals surface area contributed by atoms with Gasteiger partial charge in [-0.15, -0.1) is 0 Å². The van der Waals surface area contributed by atoms with Crippen LogP contribution >= 0.6 is 15.9 Å². The van der Waals surface area contributed by atoms with E-state index in [0.717, 1.165) is 28.1 Å². The van der Waals surface area contributed by atoms with Crippen LogP contribution in [0.5, 0.6) is 0 Å². The molecule has 116 valence electrons. The van der Waals surface area contributed by atoms with Crippen LogP contribution in [0.25, 0.3) is 0 Å². The van der Waals surface area contributed by atoms with Crippen LogP contribution in [-0.4, -0.2) is 9.97 Å². The molecule has 5 heteroatoms. The lowest BCUT2D eigenvalue weighted by Crippen LogP contribution is -2.00. The summed E-state index contributed by atoms with van der Waals surface area (Å²) in [6.07, 6.45) is 2.76. The molecule has 0 aliphatic heterocycles. The van der Waals surface area contributed by atoms with E-state index in [2.05, 4.69) is 55.6 Å². The molecule has 0 aliphatic carbocycles. The quantitative estimate of drug-likeness (QED) is 0.642. The van der Waals surface area contributed by atoms with E-state index in [1.807, 2.05) is 42.5 Å². The van der Waals surface area contributed by atoms with Gasteiger partial charge in [-0.05, 0) is 54.4 Å². The summed E-state index contributed by atoms with van der Waals surface area (Å²) in [4.78, 5) is 8.75. The van der Waals surface area contributed by atoms with Gasteiger partial charge in [-0.3, -0.25) is 0 Å². The van der Waals surface area contributed by atoms with E-state index in [-0.39, 0.29) is 0 Å². The minimum Gasteiger partial charge on any atom is -0.340 e. The lowest BCUT2D eigenvalue weighted by molar-refractivity contribution is 1.14. The summed E-state index contributed by atoms with van der Waals surface area (Å²) in [7, 11) is 0. The van der Waals surface area contributed by atoms with Crippen molar-refractivity contribution in [2.24, 2.45) is 0 Å². The van der Waals surface area contributed by atoms with E-state index in [9.17, 15) is 0 Å². The maximum Gasteiger partial charge on any atom is 0.229 e. The fraction of sp³-hybridized carbons (Fsp3) is 0.111. The predicted molar refractivity (Wildman–Crippen MR) is 98.6 cm³/mol. The first-order valence-electron chi connectivity index (χ1n) is 7.44. The minimum absolute atomic E-state index is 0.566. The van der Waals surface area contributed by atoms with Crippen molar-refractivity contribution in [3.8, 4) is 0 Å². The summed E-state index contributed by atoms with van der Waals surface area (Å²) in [6, 6.07) is 18.1. The number of nitrogens with zero attached hydrogens (tertiary/aromatic N) is 2. The molecule has 0 unspecified atom stereocenters. The summed E-state index contributed by atoms with van der Waals surface area (Å²) in [6.45, 7) is 2.14. The van der Waals surface area contributed by atoms with Crippen molar-refractivity contribution in [1.29, 1.82) is 0 Å². The van der Waals surface area contributed by atoms with Gasteiger partial charge in [0.25, 0.3) is 0 Å². The van der Waals surface area contributed by atoms with Crippen LogP contribution in [0.15, 0.2) is 65.3 Å². The first-order chi connectivity index (χ1) is 11.2. The number of aryl methyl sites for hydroxylation is 1. The van der Waals surface area contributed by atoms with Gasteiger partial charge in [0.1, 0.15) is 5.82 Å². The number of nitrogens with one attached hydrogen (secondary N) is 2.